The van der Waals surface area contributed by atoms with Gasteiger partial charge in [-0.3, -0.25) is 0 Å². The van der Waals surface area contributed by atoms with Crippen LogP contribution in [-0.4, -0.2) is 29.2 Å². The zero-order chi connectivity index (χ0) is 11.2. The highest BCUT2D eigenvalue weighted by atomic mass is 35.5. The Morgan fingerprint density at radius 3 is 3.12 bits per heavy atom. The minimum absolute atomic E-state index is 0.127. The van der Waals surface area contributed by atoms with Gasteiger partial charge in [-0.2, -0.15) is 0 Å². The molecule has 84 valence electrons. The van der Waals surface area contributed by atoms with E-state index in [1.807, 2.05) is 0 Å². The fourth-order valence-corrected chi connectivity index (χ4v) is 2.31. The van der Waals surface area contributed by atoms with Crippen LogP contribution in [0.25, 0.3) is 0 Å². The topological polar surface area (TPSA) is 61.3 Å². The first-order valence-electron chi connectivity index (χ1n) is 5.05. The molecule has 0 N–H and O–H groups in total. The molecule has 1 fully saturated rings. The summed E-state index contributed by atoms with van der Waals surface area (Å²) in [7, 11) is 0. The number of hydrogen-bond acceptors (Lipinski definition) is 5. The van der Waals surface area contributed by atoms with E-state index in [0.717, 1.165) is 12.8 Å². The van der Waals surface area contributed by atoms with Crippen LogP contribution in [0.3, 0.4) is 0 Å². The summed E-state index contributed by atoms with van der Waals surface area (Å²) in [4.78, 5) is 19.6. The molecule has 0 amide bonds. The van der Waals surface area contributed by atoms with Crippen LogP contribution in [0.4, 0.5) is 0 Å². The van der Waals surface area contributed by atoms with Gasteiger partial charge in [0.15, 0.2) is 5.60 Å². The van der Waals surface area contributed by atoms with Crippen molar-refractivity contribution in [3.05, 3.63) is 22.7 Å². The van der Waals surface area contributed by atoms with Gasteiger partial charge in [0.2, 0.25) is 5.28 Å². The fraction of sp³-hybridized carbons (Fsp3) is 0.500. The molecule has 16 heavy (non-hydrogen) atoms. The lowest BCUT2D eigenvalue weighted by Crippen LogP contribution is -2.37. The molecular weight excluding hydrogens is 232 g/mol. The molecule has 2 aliphatic rings. The van der Waals surface area contributed by atoms with Crippen molar-refractivity contribution in [2.24, 2.45) is 0 Å². The van der Waals surface area contributed by atoms with E-state index >= 15 is 0 Å². The molecule has 1 unspecified atom stereocenters. The maximum absolute atomic E-state index is 11.6. The van der Waals surface area contributed by atoms with Crippen LogP contribution in [0.15, 0.2) is 6.20 Å². The molecule has 0 aliphatic carbocycles. The van der Waals surface area contributed by atoms with Crippen molar-refractivity contribution in [2.45, 2.75) is 18.4 Å². The van der Waals surface area contributed by atoms with E-state index in [1.165, 1.54) is 6.20 Å². The molecule has 1 saturated heterocycles. The Morgan fingerprint density at radius 1 is 1.50 bits per heavy atom. The van der Waals surface area contributed by atoms with Crippen molar-refractivity contribution in [1.82, 2.24) is 9.97 Å². The second kappa shape index (κ2) is 3.40. The van der Waals surface area contributed by atoms with Gasteiger partial charge >= 0.3 is 5.97 Å². The Balaban J connectivity index is 2.12. The van der Waals surface area contributed by atoms with Gasteiger partial charge < -0.3 is 9.47 Å². The number of hydrogen-bond donors (Lipinski definition) is 0. The fourth-order valence-electron chi connectivity index (χ4n) is 2.17. The van der Waals surface area contributed by atoms with Crippen molar-refractivity contribution < 1.29 is 14.3 Å². The van der Waals surface area contributed by atoms with Crippen molar-refractivity contribution in [3.63, 3.8) is 0 Å². The summed E-state index contributed by atoms with van der Waals surface area (Å²) in [6.45, 7) is 1.03. The Hall–Kier alpha value is -1.20. The van der Waals surface area contributed by atoms with Crippen molar-refractivity contribution in [1.29, 1.82) is 0 Å². The first-order chi connectivity index (χ1) is 7.71. The van der Waals surface area contributed by atoms with E-state index in [-0.39, 0.29) is 5.28 Å². The molecule has 0 bridgehead atoms. The average molecular weight is 241 g/mol. The Labute approximate surface area is 96.7 Å². The van der Waals surface area contributed by atoms with Crippen molar-refractivity contribution in [2.75, 3.05) is 13.2 Å². The molecule has 2 aliphatic heterocycles. The van der Waals surface area contributed by atoms with Crippen LogP contribution in [0.1, 0.15) is 28.9 Å². The van der Waals surface area contributed by atoms with Gasteiger partial charge in [-0.15, -0.1) is 0 Å². The molecule has 5 nitrogen and oxygen atoms in total. The molecule has 1 atom stereocenters. The van der Waals surface area contributed by atoms with E-state index in [0.29, 0.717) is 24.5 Å². The van der Waals surface area contributed by atoms with Gasteiger partial charge in [0.1, 0.15) is 11.3 Å². The number of aromatic nitrogens is 2. The minimum atomic E-state index is -0.739. The highest BCUT2D eigenvalue weighted by molar-refractivity contribution is 6.28. The molecule has 6 heteroatoms. The quantitative estimate of drug-likeness (QED) is 0.505. The average Bonchev–Trinajstić information content (AvgIpc) is 2.53. The van der Waals surface area contributed by atoms with Gasteiger partial charge in [-0.25, -0.2) is 14.8 Å². The van der Waals surface area contributed by atoms with Gasteiger partial charge in [0.25, 0.3) is 0 Å². The van der Waals surface area contributed by atoms with E-state index in [2.05, 4.69) is 9.97 Å². The van der Waals surface area contributed by atoms with Crippen LogP contribution in [0.5, 0.6) is 0 Å². The summed E-state index contributed by atoms with van der Waals surface area (Å²) in [5.74, 6) is -0.392. The molecule has 3 rings (SSSR count). The monoisotopic (exact) mass is 240 g/mol. The normalized spacial score (nSPS) is 27.9. The Morgan fingerprint density at radius 2 is 2.38 bits per heavy atom. The highest BCUT2D eigenvalue weighted by Crippen LogP contribution is 2.40. The zero-order valence-corrected chi connectivity index (χ0v) is 9.16. The van der Waals surface area contributed by atoms with Gasteiger partial charge in [-0.1, -0.05) is 0 Å². The number of nitrogens with zero attached hydrogens (tertiary/aromatic N) is 2. The second-order valence-corrected chi connectivity index (χ2v) is 4.28. The van der Waals surface area contributed by atoms with Gasteiger partial charge in [0, 0.05) is 12.8 Å². The molecular formula is C10H9ClN2O3. The number of esters is 1. The predicted octanol–water partition coefficient (Wildman–Crippen LogP) is 1.31. The molecule has 0 aromatic carbocycles. The molecule has 1 aromatic heterocycles. The predicted molar refractivity (Wildman–Crippen MR) is 54.2 cm³/mol. The molecule has 1 aromatic rings. The van der Waals surface area contributed by atoms with Crippen LogP contribution >= 0.6 is 11.6 Å². The number of carbonyl (C=O) groups is 1. The van der Waals surface area contributed by atoms with Crippen molar-refractivity contribution in [3.8, 4) is 0 Å². The number of fused-ring (bicyclic) bond motifs is 2. The standard InChI is InChI=1S/C10H9ClN2O3/c11-9-12-4-6-7(13-9)10(16-8(6)14)2-1-3-15-5-10/h4H,1-3,5H2. The maximum atomic E-state index is 11.6. The SMILES string of the molecule is O=C1OC2(CCCOC2)c2nc(Cl)ncc21. The summed E-state index contributed by atoms with van der Waals surface area (Å²) >= 11 is 5.74. The number of carbonyl (C=O) groups excluding carboxylic acids is 1. The third-order valence-electron chi connectivity index (χ3n) is 2.90. The van der Waals surface area contributed by atoms with Crippen LogP contribution in [0.2, 0.25) is 5.28 Å². The Bertz CT molecular complexity index is 457. The van der Waals surface area contributed by atoms with Gasteiger partial charge in [0.05, 0.1) is 6.61 Å². The zero-order valence-electron chi connectivity index (χ0n) is 8.40. The van der Waals surface area contributed by atoms with E-state index < -0.39 is 11.6 Å². The van der Waals surface area contributed by atoms with Gasteiger partial charge in [-0.05, 0) is 24.4 Å². The summed E-state index contributed by atoms with van der Waals surface area (Å²) in [6, 6.07) is 0. The van der Waals surface area contributed by atoms with Crippen LogP contribution in [0, 0.1) is 0 Å². The highest BCUT2D eigenvalue weighted by Gasteiger charge is 2.48. The lowest BCUT2D eigenvalue weighted by Gasteiger charge is -2.31. The largest absolute Gasteiger partial charge is 0.446 e. The van der Waals surface area contributed by atoms with E-state index in [1.54, 1.807) is 0 Å². The van der Waals surface area contributed by atoms with E-state index in [9.17, 15) is 4.79 Å². The first kappa shape index (κ1) is 9.99. The summed E-state index contributed by atoms with van der Waals surface area (Å²) in [5.41, 5.74) is 0.226. The minimum Gasteiger partial charge on any atom is -0.446 e. The summed E-state index contributed by atoms with van der Waals surface area (Å²) in [5, 5.41) is 0.127. The molecule has 1 spiro atoms. The number of ether oxygens (including phenoxy) is 2. The molecule has 0 radical (unpaired) electrons. The maximum Gasteiger partial charge on any atom is 0.342 e. The Kier molecular flexibility index (Phi) is 2.12. The molecule has 3 heterocycles. The summed E-state index contributed by atoms with van der Waals surface area (Å²) in [6.07, 6.45) is 2.98. The van der Waals surface area contributed by atoms with Crippen LogP contribution in [-0.2, 0) is 15.1 Å². The number of halogens is 1. The van der Waals surface area contributed by atoms with E-state index in [4.69, 9.17) is 21.1 Å². The smallest absolute Gasteiger partial charge is 0.342 e. The summed E-state index contributed by atoms with van der Waals surface area (Å²) < 4.78 is 10.8. The van der Waals surface area contributed by atoms with Crippen molar-refractivity contribution >= 4 is 17.6 Å². The third-order valence-corrected chi connectivity index (χ3v) is 3.09. The second-order valence-electron chi connectivity index (χ2n) is 3.94. The van der Waals surface area contributed by atoms with Crippen LogP contribution < -0.4 is 0 Å². The number of rotatable bonds is 0. The first-order valence-corrected chi connectivity index (χ1v) is 5.43. The molecule has 0 saturated carbocycles. The lowest BCUT2D eigenvalue weighted by atomic mass is 9.92. The lowest BCUT2D eigenvalue weighted by molar-refractivity contribution is -0.0944. The third kappa shape index (κ3) is 1.32.